The molecule has 0 aliphatic heterocycles. The second kappa shape index (κ2) is 8.75. The van der Waals surface area contributed by atoms with Gasteiger partial charge in [0.25, 0.3) is 5.69 Å². The molecule has 0 bridgehead atoms. The van der Waals surface area contributed by atoms with Crippen LogP contribution in [-0.4, -0.2) is 31.5 Å². The Balaban J connectivity index is 2.49. The number of halogens is 2. The molecule has 0 aromatic heterocycles. The minimum absolute atomic E-state index is 0.0286. The number of nitro groups is 1. The summed E-state index contributed by atoms with van der Waals surface area (Å²) in [6.07, 6.45) is 0.992. The number of nitro benzene ring substituents is 1. The lowest BCUT2D eigenvalue weighted by Crippen LogP contribution is -2.47. The van der Waals surface area contributed by atoms with Crippen LogP contribution in [0.25, 0.3) is 0 Å². The van der Waals surface area contributed by atoms with Gasteiger partial charge in [0.1, 0.15) is 11.9 Å². The van der Waals surface area contributed by atoms with E-state index >= 15 is 0 Å². The summed E-state index contributed by atoms with van der Waals surface area (Å²) in [5.41, 5.74) is 0.349. The van der Waals surface area contributed by atoms with Crippen LogP contribution in [0.1, 0.15) is 18.9 Å². The van der Waals surface area contributed by atoms with Gasteiger partial charge in [-0.1, -0.05) is 24.6 Å². The van der Waals surface area contributed by atoms with Gasteiger partial charge in [-0.2, -0.15) is 0 Å². The number of carbonyl (C=O) groups excluding carboxylic acids is 1. The molecule has 1 atom stereocenters. The van der Waals surface area contributed by atoms with Gasteiger partial charge in [0.2, 0.25) is 15.9 Å². The molecule has 1 unspecified atom stereocenters. The summed E-state index contributed by atoms with van der Waals surface area (Å²) in [7, 11) is -3.98. The molecule has 2 aromatic carbocycles. The summed E-state index contributed by atoms with van der Waals surface area (Å²) in [6, 6.07) is 6.13. The van der Waals surface area contributed by atoms with Gasteiger partial charge in [0, 0.05) is 17.8 Å². The first-order chi connectivity index (χ1) is 13.5. The topological polar surface area (TPSA) is 110 Å². The first-order valence-electron chi connectivity index (χ1n) is 8.46. The predicted octanol–water partition coefficient (Wildman–Crippen LogP) is 3.88. The van der Waals surface area contributed by atoms with Crippen molar-refractivity contribution in [2.45, 2.75) is 26.3 Å². The highest BCUT2D eigenvalue weighted by atomic mass is 35.5. The molecule has 29 heavy (non-hydrogen) atoms. The Morgan fingerprint density at radius 1 is 1.31 bits per heavy atom. The Morgan fingerprint density at radius 2 is 1.97 bits per heavy atom. The van der Waals surface area contributed by atoms with Crippen molar-refractivity contribution in [3.63, 3.8) is 0 Å². The van der Waals surface area contributed by atoms with Crippen LogP contribution in [0.4, 0.5) is 21.5 Å². The number of aryl methyl sites for hydroxylation is 1. The average molecular weight is 444 g/mol. The van der Waals surface area contributed by atoms with Crippen LogP contribution in [0, 0.1) is 22.9 Å². The zero-order valence-electron chi connectivity index (χ0n) is 15.8. The van der Waals surface area contributed by atoms with Gasteiger partial charge in [-0.3, -0.25) is 19.2 Å². The van der Waals surface area contributed by atoms with Crippen molar-refractivity contribution in [2.75, 3.05) is 15.9 Å². The highest BCUT2D eigenvalue weighted by Crippen LogP contribution is 2.30. The molecule has 8 nitrogen and oxygen atoms in total. The van der Waals surface area contributed by atoms with E-state index in [9.17, 15) is 27.7 Å². The maximum Gasteiger partial charge on any atom is 0.271 e. The van der Waals surface area contributed by atoms with E-state index in [0.717, 1.165) is 22.7 Å². The molecule has 0 fully saturated rings. The van der Waals surface area contributed by atoms with Gasteiger partial charge in [0.05, 0.1) is 21.9 Å². The Labute approximate surface area is 172 Å². The molecule has 1 N–H and O–H groups in total. The number of benzene rings is 2. The molecule has 0 heterocycles. The number of anilines is 2. The van der Waals surface area contributed by atoms with Gasteiger partial charge in [-0.15, -0.1) is 0 Å². The fourth-order valence-electron chi connectivity index (χ4n) is 2.78. The molecule has 0 aliphatic carbocycles. The summed E-state index contributed by atoms with van der Waals surface area (Å²) >= 11 is 5.71. The number of amides is 1. The number of hydrogen-bond acceptors (Lipinski definition) is 5. The zero-order chi connectivity index (χ0) is 21.9. The summed E-state index contributed by atoms with van der Waals surface area (Å²) in [6.45, 7) is 3.19. The second-order valence-electron chi connectivity index (χ2n) is 6.33. The van der Waals surface area contributed by atoms with Gasteiger partial charge in [-0.05, 0) is 37.1 Å². The van der Waals surface area contributed by atoms with Crippen LogP contribution in [0.3, 0.4) is 0 Å². The van der Waals surface area contributed by atoms with Crippen LogP contribution in [0.2, 0.25) is 5.02 Å². The quantitative estimate of drug-likeness (QED) is 0.515. The van der Waals surface area contributed by atoms with Gasteiger partial charge in [0.15, 0.2) is 0 Å². The molecule has 0 aliphatic rings. The first-order valence-corrected chi connectivity index (χ1v) is 10.7. The summed E-state index contributed by atoms with van der Waals surface area (Å²) < 4.78 is 39.2. The third-order valence-corrected chi connectivity index (χ3v) is 5.61. The van der Waals surface area contributed by atoms with E-state index in [1.165, 1.54) is 24.3 Å². The van der Waals surface area contributed by atoms with Gasteiger partial charge < -0.3 is 5.32 Å². The lowest BCUT2D eigenvalue weighted by Gasteiger charge is -2.31. The smallest absolute Gasteiger partial charge is 0.271 e. The van der Waals surface area contributed by atoms with E-state index < -0.39 is 32.7 Å². The monoisotopic (exact) mass is 443 g/mol. The molecular formula is C18H19ClFN3O5S. The third-order valence-electron chi connectivity index (χ3n) is 4.16. The highest BCUT2D eigenvalue weighted by molar-refractivity contribution is 7.92. The van der Waals surface area contributed by atoms with Crippen molar-refractivity contribution in [1.29, 1.82) is 0 Å². The first kappa shape index (κ1) is 22.6. The molecule has 1 amide bonds. The van der Waals surface area contributed by atoms with Crippen molar-refractivity contribution in [3.05, 3.63) is 62.9 Å². The molecule has 0 saturated carbocycles. The van der Waals surface area contributed by atoms with Crippen LogP contribution >= 0.6 is 11.6 Å². The number of nitrogens with one attached hydrogen (secondary N) is 1. The van der Waals surface area contributed by atoms with E-state index in [1.54, 1.807) is 13.8 Å². The van der Waals surface area contributed by atoms with Crippen molar-refractivity contribution in [3.8, 4) is 0 Å². The molecule has 2 aromatic rings. The maximum absolute atomic E-state index is 13.3. The fourth-order valence-corrected chi connectivity index (χ4v) is 4.23. The van der Waals surface area contributed by atoms with E-state index in [0.29, 0.717) is 5.56 Å². The minimum Gasteiger partial charge on any atom is -0.324 e. The molecular weight excluding hydrogens is 425 g/mol. The SMILES string of the molecule is CCC(C(=O)Nc1ccc(F)c(Cl)c1)N(c1cc([N+](=O)[O-])ccc1C)S(C)(=O)=O. The van der Waals surface area contributed by atoms with Crippen molar-refractivity contribution in [1.82, 2.24) is 0 Å². The van der Waals surface area contributed by atoms with Crippen LogP contribution in [-0.2, 0) is 14.8 Å². The number of rotatable bonds is 7. The van der Waals surface area contributed by atoms with E-state index in [4.69, 9.17) is 11.6 Å². The number of hydrogen-bond donors (Lipinski definition) is 1. The standard InChI is InChI=1S/C18H19ClFN3O5S/c1-4-16(18(24)21-12-6-8-15(20)14(19)9-12)22(29(3,27)28)17-10-13(23(25)26)7-5-11(17)2/h5-10,16H,4H2,1-3H3,(H,21,24). The second-order valence-corrected chi connectivity index (χ2v) is 8.60. The summed E-state index contributed by atoms with van der Waals surface area (Å²) in [5, 5.41) is 13.4. The average Bonchev–Trinajstić information content (AvgIpc) is 2.62. The molecule has 0 spiro atoms. The third kappa shape index (κ3) is 5.21. The normalized spacial score (nSPS) is 12.3. The highest BCUT2D eigenvalue weighted by Gasteiger charge is 2.33. The minimum atomic E-state index is -3.98. The largest absolute Gasteiger partial charge is 0.324 e. The summed E-state index contributed by atoms with van der Waals surface area (Å²) in [4.78, 5) is 23.3. The lowest BCUT2D eigenvalue weighted by molar-refractivity contribution is -0.384. The van der Waals surface area contributed by atoms with Crippen LogP contribution in [0.5, 0.6) is 0 Å². The molecule has 11 heteroatoms. The predicted molar refractivity (Wildman–Crippen MR) is 109 cm³/mol. The van der Waals surface area contributed by atoms with Crippen LogP contribution in [0.15, 0.2) is 36.4 Å². The number of sulfonamides is 1. The Hall–Kier alpha value is -2.72. The fraction of sp³-hybridized carbons (Fsp3) is 0.278. The zero-order valence-corrected chi connectivity index (χ0v) is 17.4. The molecule has 0 radical (unpaired) electrons. The summed E-state index contributed by atoms with van der Waals surface area (Å²) in [5.74, 6) is -1.35. The van der Waals surface area contributed by atoms with Gasteiger partial charge >= 0.3 is 0 Å². The van der Waals surface area contributed by atoms with Crippen molar-refractivity contribution in [2.24, 2.45) is 0 Å². The molecule has 0 saturated heterocycles. The maximum atomic E-state index is 13.3. The Morgan fingerprint density at radius 3 is 2.48 bits per heavy atom. The van der Waals surface area contributed by atoms with E-state index in [1.807, 2.05) is 0 Å². The van der Waals surface area contributed by atoms with E-state index in [-0.39, 0.29) is 28.5 Å². The number of non-ortho nitro benzene ring substituents is 1. The Kier molecular flexibility index (Phi) is 6.81. The van der Waals surface area contributed by atoms with E-state index in [2.05, 4.69) is 5.32 Å². The molecule has 156 valence electrons. The number of nitrogens with zero attached hydrogens (tertiary/aromatic N) is 2. The van der Waals surface area contributed by atoms with Gasteiger partial charge in [-0.25, -0.2) is 12.8 Å². The van der Waals surface area contributed by atoms with Crippen molar-refractivity contribution >= 4 is 44.6 Å². The molecule has 2 rings (SSSR count). The number of carbonyl (C=O) groups is 1. The Bertz CT molecular complexity index is 1060. The van der Waals surface area contributed by atoms with Crippen LogP contribution < -0.4 is 9.62 Å². The lowest BCUT2D eigenvalue weighted by atomic mass is 10.1. The van der Waals surface area contributed by atoms with Crippen molar-refractivity contribution < 1.29 is 22.5 Å².